The number of benzene rings is 1. The van der Waals surface area contributed by atoms with Crippen molar-refractivity contribution >= 4 is 0 Å². The molecule has 1 aromatic heterocycles. The lowest BCUT2D eigenvalue weighted by molar-refractivity contribution is 0.632. The second-order valence-corrected chi connectivity index (χ2v) is 4.17. The quantitative estimate of drug-likeness (QED) is 0.624. The molecule has 0 aliphatic heterocycles. The third-order valence-electron chi connectivity index (χ3n) is 3.16. The van der Waals surface area contributed by atoms with E-state index in [4.69, 9.17) is 5.84 Å². The van der Waals surface area contributed by atoms with Gasteiger partial charge in [-0.25, -0.2) is 5.43 Å². The maximum atomic E-state index is 5.69. The number of hydrogen-bond acceptors (Lipinski definition) is 3. The maximum Gasteiger partial charge on any atom is 0.0713 e. The van der Waals surface area contributed by atoms with Gasteiger partial charge in [-0.15, -0.1) is 0 Å². The van der Waals surface area contributed by atoms with Crippen LogP contribution in [0.3, 0.4) is 0 Å². The largest absolute Gasteiger partial charge is 0.271 e. The van der Waals surface area contributed by atoms with Crippen LogP contribution in [0, 0.1) is 13.8 Å². The molecular weight excluding hydrogens is 210 g/mol. The van der Waals surface area contributed by atoms with Gasteiger partial charge in [0.2, 0.25) is 0 Å². The number of nitrogens with one attached hydrogen (secondary N) is 1. The maximum absolute atomic E-state index is 5.69. The van der Waals surface area contributed by atoms with Crippen LogP contribution in [0.2, 0.25) is 0 Å². The van der Waals surface area contributed by atoms with Gasteiger partial charge >= 0.3 is 0 Å². The molecule has 1 unspecified atom stereocenters. The summed E-state index contributed by atoms with van der Waals surface area (Å²) < 4.78 is 0. The van der Waals surface area contributed by atoms with Gasteiger partial charge in [0.05, 0.1) is 6.04 Å². The Morgan fingerprint density at radius 3 is 2.47 bits per heavy atom. The van der Waals surface area contributed by atoms with Crippen LogP contribution in [0.25, 0.3) is 0 Å². The van der Waals surface area contributed by atoms with Crippen molar-refractivity contribution in [2.75, 3.05) is 0 Å². The Hall–Kier alpha value is -1.71. The molecule has 0 fully saturated rings. The molecular formula is C14H17N3. The summed E-state index contributed by atoms with van der Waals surface area (Å²) in [5, 5.41) is 0. The summed E-state index contributed by atoms with van der Waals surface area (Å²) in [6.07, 6.45) is 3.57. The van der Waals surface area contributed by atoms with E-state index in [2.05, 4.69) is 42.5 Å². The molecule has 0 spiro atoms. The molecule has 0 bridgehead atoms. The van der Waals surface area contributed by atoms with E-state index < -0.39 is 0 Å². The zero-order chi connectivity index (χ0) is 12.3. The highest BCUT2D eigenvalue weighted by Gasteiger charge is 2.14. The average molecular weight is 227 g/mol. The van der Waals surface area contributed by atoms with Crippen molar-refractivity contribution in [2.24, 2.45) is 5.84 Å². The van der Waals surface area contributed by atoms with E-state index in [0.717, 1.165) is 5.56 Å². The second-order valence-electron chi connectivity index (χ2n) is 4.17. The molecule has 17 heavy (non-hydrogen) atoms. The summed E-state index contributed by atoms with van der Waals surface area (Å²) in [6.45, 7) is 4.23. The first-order valence-corrected chi connectivity index (χ1v) is 5.66. The molecule has 1 aromatic carbocycles. The van der Waals surface area contributed by atoms with E-state index in [-0.39, 0.29) is 6.04 Å². The molecule has 1 atom stereocenters. The minimum atomic E-state index is 0.0119. The smallest absolute Gasteiger partial charge is 0.0713 e. The Balaban J connectivity index is 2.46. The number of aryl methyl sites for hydroxylation is 1. The van der Waals surface area contributed by atoms with E-state index in [9.17, 15) is 0 Å². The predicted molar refractivity (Wildman–Crippen MR) is 69.3 cm³/mol. The molecule has 2 aromatic rings. The first-order valence-electron chi connectivity index (χ1n) is 5.66. The predicted octanol–water partition coefficient (Wildman–Crippen LogP) is 2.25. The molecule has 0 aliphatic rings. The standard InChI is InChI=1S/C14H17N3/c1-10-4-3-5-13(11(10)2)14(17-15)12-6-8-16-9-7-12/h3-9,14,17H,15H2,1-2H3. The Labute approximate surface area is 102 Å². The van der Waals surface area contributed by atoms with Crippen molar-refractivity contribution in [3.8, 4) is 0 Å². The van der Waals surface area contributed by atoms with Crippen LogP contribution in [0.1, 0.15) is 28.3 Å². The van der Waals surface area contributed by atoms with Crippen LogP contribution in [-0.4, -0.2) is 4.98 Å². The van der Waals surface area contributed by atoms with Gasteiger partial charge in [-0.1, -0.05) is 18.2 Å². The summed E-state index contributed by atoms with van der Waals surface area (Å²) in [5.41, 5.74) is 7.75. The minimum absolute atomic E-state index is 0.0119. The number of nitrogens with zero attached hydrogens (tertiary/aromatic N) is 1. The SMILES string of the molecule is Cc1cccc(C(NN)c2ccncc2)c1C. The van der Waals surface area contributed by atoms with E-state index >= 15 is 0 Å². The Kier molecular flexibility index (Phi) is 3.52. The van der Waals surface area contributed by atoms with Crippen LogP contribution in [-0.2, 0) is 0 Å². The molecule has 0 saturated carbocycles. The molecule has 88 valence electrons. The van der Waals surface area contributed by atoms with Crippen LogP contribution < -0.4 is 11.3 Å². The van der Waals surface area contributed by atoms with Crippen molar-refractivity contribution in [3.05, 3.63) is 65.0 Å². The van der Waals surface area contributed by atoms with Gasteiger partial charge in [0.25, 0.3) is 0 Å². The number of pyridine rings is 1. The summed E-state index contributed by atoms with van der Waals surface area (Å²) in [6, 6.07) is 10.2. The summed E-state index contributed by atoms with van der Waals surface area (Å²) in [4.78, 5) is 4.03. The zero-order valence-electron chi connectivity index (χ0n) is 10.1. The van der Waals surface area contributed by atoms with E-state index in [1.54, 1.807) is 12.4 Å². The Morgan fingerprint density at radius 2 is 1.82 bits per heavy atom. The fraction of sp³-hybridized carbons (Fsp3) is 0.214. The summed E-state index contributed by atoms with van der Waals surface area (Å²) >= 11 is 0. The van der Waals surface area contributed by atoms with Crippen LogP contribution in [0.15, 0.2) is 42.7 Å². The fourth-order valence-corrected chi connectivity index (χ4v) is 2.01. The van der Waals surface area contributed by atoms with Gasteiger partial charge in [0.15, 0.2) is 0 Å². The first kappa shape index (κ1) is 11.8. The molecule has 0 saturated heterocycles. The average Bonchev–Trinajstić information content (AvgIpc) is 2.37. The lowest BCUT2D eigenvalue weighted by atomic mass is 9.94. The van der Waals surface area contributed by atoms with Gasteiger partial charge < -0.3 is 0 Å². The topological polar surface area (TPSA) is 50.9 Å². The lowest BCUT2D eigenvalue weighted by Crippen LogP contribution is -2.29. The third kappa shape index (κ3) is 2.35. The Morgan fingerprint density at radius 1 is 1.12 bits per heavy atom. The molecule has 0 aliphatic carbocycles. The Bertz CT molecular complexity index is 494. The number of hydrazine groups is 1. The summed E-state index contributed by atoms with van der Waals surface area (Å²) in [5.74, 6) is 5.69. The first-order chi connectivity index (χ1) is 8.24. The zero-order valence-corrected chi connectivity index (χ0v) is 10.1. The highest BCUT2D eigenvalue weighted by Crippen LogP contribution is 2.25. The molecule has 1 heterocycles. The van der Waals surface area contributed by atoms with Crippen molar-refractivity contribution in [1.29, 1.82) is 0 Å². The highest BCUT2D eigenvalue weighted by molar-refractivity contribution is 5.40. The van der Waals surface area contributed by atoms with Gasteiger partial charge in [-0.3, -0.25) is 10.8 Å². The monoisotopic (exact) mass is 227 g/mol. The number of aromatic nitrogens is 1. The van der Waals surface area contributed by atoms with Crippen LogP contribution in [0.4, 0.5) is 0 Å². The van der Waals surface area contributed by atoms with Crippen molar-refractivity contribution in [2.45, 2.75) is 19.9 Å². The van der Waals surface area contributed by atoms with Crippen LogP contribution >= 0.6 is 0 Å². The fourth-order valence-electron chi connectivity index (χ4n) is 2.01. The molecule has 0 radical (unpaired) electrons. The number of nitrogens with two attached hydrogens (primary N) is 1. The van der Waals surface area contributed by atoms with Crippen molar-refractivity contribution < 1.29 is 0 Å². The van der Waals surface area contributed by atoms with Crippen molar-refractivity contribution in [3.63, 3.8) is 0 Å². The van der Waals surface area contributed by atoms with Gasteiger partial charge in [0, 0.05) is 12.4 Å². The lowest BCUT2D eigenvalue weighted by Gasteiger charge is -2.19. The highest BCUT2D eigenvalue weighted by atomic mass is 15.2. The van der Waals surface area contributed by atoms with E-state index in [1.807, 2.05) is 12.1 Å². The second kappa shape index (κ2) is 5.08. The van der Waals surface area contributed by atoms with E-state index in [1.165, 1.54) is 16.7 Å². The van der Waals surface area contributed by atoms with Crippen molar-refractivity contribution in [1.82, 2.24) is 10.4 Å². The molecule has 3 heteroatoms. The van der Waals surface area contributed by atoms with E-state index in [0.29, 0.717) is 0 Å². The minimum Gasteiger partial charge on any atom is -0.271 e. The van der Waals surface area contributed by atoms with Gasteiger partial charge in [-0.2, -0.15) is 0 Å². The van der Waals surface area contributed by atoms with Gasteiger partial charge in [0.1, 0.15) is 0 Å². The normalized spacial score (nSPS) is 12.4. The van der Waals surface area contributed by atoms with Gasteiger partial charge in [-0.05, 0) is 48.2 Å². The van der Waals surface area contributed by atoms with Crippen LogP contribution in [0.5, 0.6) is 0 Å². The molecule has 3 nitrogen and oxygen atoms in total. The molecule has 0 amide bonds. The number of rotatable bonds is 3. The molecule has 3 N–H and O–H groups in total. The number of hydrogen-bond donors (Lipinski definition) is 2. The summed E-state index contributed by atoms with van der Waals surface area (Å²) in [7, 11) is 0. The molecule has 2 rings (SSSR count). The third-order valence-corrected chi connectivity index (χ3v) is 3.16.